The van der Waals surface area contributed by atoms with E-state index in [1.807, 2.05) is 0 Å². The average Bonchev–Trinajstić information content (AvgIpc) is 2.45. The van der Waals surface area contributed by atoms with Gasteiger partial charge in [-0.3, -0.25) is 10.1 Å². The highest BCUT2D eigenvalue weighted by atomic mass is 16.6. The van der Waals surface area contributed by atoms with Crippen LogP contribution in [0.25, 0.3) is 0 Å². The standard InChI is InChI=1S/C12H10N2O6/c1-7(6-13)20-12(16)9-3-8(11(15)19-2)4-10(5-9)14(17)18/h3-5,7H,1-2H3/t7-/m0/s1. The van der Waals surface area contributed by atoms with Crippen LogP contribution < -0.4 is 0 Å². The zero-order valence-corrected chi connectivity index (χ0v) is 10.7. The van der Waals surface area contributed by atoms with E-state index in [-0.39, 0.29) is 11.1 Å². The molecule has 1 atom stereocenters. The lowest BCUT2D eigenvalue weighted by Gasteiger charge is -2.07. The van der Waals surface area contributed by atoms with E-state index >= 15 is 0 Å². The summed E-state index contributed by atoms with van der Waals surface area (Å²) in [4.78, 5) is 33.1. The van der Waals surface area contributed by atoms with Crippen LogP contribution in [-0.4, -0.2) is 30.1 Å². The van der Waals surface area contributed by atoms with Gasteiger partial charge in [-0.15, -0.1) is 0 Å². The van der Waals surface area contributed by atoms with Crippen molar-refractivity contribution in [1.82, 2.24) is 0 Å². The number of nitrogens with zero attached hydrogens (tertiary/aromatic N) is 2. The minimum absolute atomic E-state index is 0.154. The molecule has 0 fully saturated rings. The Bertz CT molecular complexity index is 604. The first kappa shape index (κ1) is 15.1. The SMILES string of the molecule is COC(=O)c1cc(C(=O)O[C@@H](C)C#N)cc([N+](=O)[O-])c1. The molecule has 0 N–H and O–H groups in total. The second-order valence-corrected chi connectivity index (χ2v) is 3.69. The highest BCUT2D eigenvalue weighted by Gasteiger charge is 2.20. The largest absolute Gasteiger partial charge is 0.465 e. The zero-order chi connectivity index (χ0) is 15.3. The Morgan fingerprint density at radius 2 is 1.85 bits per heavy atom. The summed E-state index contributed by atoms with van der Waals surface area (Å²) >= 11 is 0. The minimum atomic E-state index is -1.01. The van der Waals surface area contributed by atoms with Gasteiger partial charge in [-0.1, -0.05) is 0 Å². The smallest absolute Gasteiger partial charge is 0.339 e. The lowest BCUT2D eigenvalue weighted by Crippen LogP contribution is -2.14. The summed E-state index contributed by atoms with van der Waals surface area (Å²) in [5.74, 6) is -1.76. The number of methoxy groups -OCH3 is 1. The Balaban J connectivity index is 3.22. The molecule has 0 aromatic heterocycles. The van der Waals surface area contributed by atoms with Crippen LogP contribution in [0.2, 0.25) is 0 Å². The number of carbonyl (C=O) groups excluding carboxylic acids is 2. The van der Waals surface area contributed by atoms with E-state index < -0.39 is 28.7 Å². The Hall–Kier alpha value is -2.95. The Morgan fingerprint density at radius 3 is 2.30 bits per heavy atom. The first-order chi connectivity index (χ1) is 9.38. The van der Waals surface area contributed by atoms with Gasteiger partial charge in [-0.25, -0.2) is 9.59 Å². The molecule has 8 heteroatoms. The van der Waals surface area contributed by atoms with Crippen molar-refractivity contribution >= 4 is 17.6 Å². The first-order valence-corrected chi connectivity index (χ1v) is 5.37. The van der Waals surface area contributed by atoms with Gasteiger partial charge in [-0.2, -0.15) is 5.26 Å². The predicted octanol–water partition coefficient (Wildman–Crippen LogP) is 1.45. The van der Waals surface area contributed by atoms with Crippen molar-refractivity contribution in [3.63, 3.8) is 0 Å². The molecule has 20 heavy (non-hydrogen) atoms. The van der Waals surface area contributed by atoms with E-state index in [4.69, 9.17) is 10.00 Å². The molecular weight excluding hydrogens is 268 g/mol. The van der Waals surface area contributed by atoms with Crippen molar-refractivity contribution in [2.45, 2.75) is 13.0 Å². The molecule has 1 rings (SSSR count). The molecule has 104 valence electrons. The Morgan fingerprint density at radius 1 is 1.30 bits per heavy atom. The van der Waals surface area contributed by atoms with Crippen LogP contribution in [0, 0.1) is 21.4 Å². The summed E-state index contributed by atoms with van der Waals surface area (Å²) < 4.78 is 9.16. The molecule has 1 aromatic carbocycles. The molecule has 8 nitrogen and oxygen atoms in total. The van der Waals surface area contributed by atoms with E-state index in [2.05, 4.69) is 4.74 Å². The summed E-state index contributed by atoms with van der Waals surface area (Å²) in [5, 5.41) is 19.3. The fourth-order valence-corrected chi connectivity index (χ4v) is 1.33. The van der Waals surface area contributed by atoms with Crippen molar-refractivity contribution in [3.05, 3.63) is 39.4 Å². The first-order valence-electron chi connectivity index (χ1n) is 5.37. The Kier molecular flexibility index (Phi) is 4.75. The fraction of sp³-hybridized carbons (Fsp3) is 0.250. The number of rotatable bonds is 4. The number of nitriles is 1. The van der Waals surface area contributed by atoms with Gasteiger partial charge in [0.15, 0.2) is 6.10 Å². The van der Waals surface area contributed by atoms with E-state index in [0.29, 0.717) is 0 Å². The number of non-ortho nitro benzene ring substituents is 1. The lowest BCUT2D eigenvalue weighted by molar-refractivity contribution is -0.384. The second-order valence-electron chi connectivity index (χ2n) is 3.69. The maximum atomic E-state index is 11.7. The third-order valence-electron chi connectivity index (χ3n) is 2.25. The zero-order valence-electron chi connectivity index (χ0n) is 10.7. The van der Waals surface area contributed by atoms with Crippen molar-refractivity contribution in [2.24, 2.45) is 0 Å². The average molecular weight is 278 g/mol. The molecule has 0 amide bonds. The van der Waals surface area contributed by atoms with E-state index in [1.54, 1.807) is 6.07 Å². The van der Waals surface area contributed by atoms with Crippen molar-refractivity contribution in [3.8, 4) is 6.07 Å². The third kappa shape index (κ3) is 3.52. The normalized spacial score (nSPS) is 11.1. The van der Waals surface area contributed by atoms with Crippen LogP contribution in [0.3, 0.4) is 0 Å². The number of carbonyl (C=O) groups is 2. The number of nitro benzene ring substituents is 1. The monoisotopic (exact) mass is 278 g/mol. The molecule has 0 heterocycles. The molecule has 0 unspecified atom stereocenters. The molecular formula is C12H10N2O6. The van der Waals surface area contributed by atoms with Crippen LogP contribution in [0.5, 0.6) is 0 Å². The van der Waals surface area contributed by atoms with Gasteiger partial charge in [-0.05, 0) is 13.0 Å². The second kappa shape index (κ2) is 6.29. The van der Waals surface area contributed by atoms with Crippen LogP contribution in [0.15, 0.2) is 18.2 Å². The van der Waals surface area contributed by atoms with Crippen LogP contribution >= 0.6 is 0 Å². The molecule has 0 aliphatic heterocycles. The van der Waals surface area contributed by atoms with Gasteiger partial charge in [0.25, 0.3) is 5.69 Å². The topological polar surface area (TPSA) is 120 Å². The molecule has 0 radical (unpaired) electrons. The molecule has 0 aliphatic rings. The molecule has 0 spiro atoms. The Labute approximate surface area is 113 Å². The van der Waals surface area contributed by atoms with E-state index in [0.717, 1.165) is 25.3 Å². The minimum Gasteiger partial charge on any atom is -0.465 e. The van der Waals surface area contributed by atoms with Gasteiger partial charge in [0.1, 0.15) is 6.07 Å². The van der Waals surface area contributed by atoms with Crippen molar-refractivity contribution in [1.29, 1.82) is 5.26 Å². The summed E-state index contributed by atoms with van der Waals surface area (Å²) in [6, 6.07) is 4.73. The maximum absolute atomic E-state index is 11.7. The lowest BCUT2D eigenvalue weighted by atomic mass is 10.1. The van der Waals surface area contributed by atoms with E-state index in [1.165, 1.54) is 6.92 Å². The van der Waals surface area contributed by atoms with Crippen molar-refractivity contribution < 1.29 is 24.0 Å². The predicted molar refractivity (Wildman–Crippen MR) is 64.9 cm³/mol. The van der Waals surface area contributed by atoms with Gasteiger partial charge >= 0.3 is 11.9 Å². The fourth-order valence-electron chi connectivity index (χ4n) is 1.33. The van der Waals surface area contributed by atoms with Crippen LogP contribution in [0.4, 0.5) is 5.69 Å². The highest BCUT2D eigenvalue weighted by molar-refractivity contribution is 5.96. The molecule has 0 saturated carbocycles. The van der Waals surface area contributed by atoms with Gasteiger partial charge < -0.3 is 9.47 Å². The number of ether oxygens (including phenoxy) is 2. The molecule has 0 bridgehead atoms. The van der Waals surface area contributed by atoms with Crippen molar-refractivity contribution in [2.75, 3.05) is 7.11 Å². The van der Waals surface area contributed by atoms with E-state index in [9.17, 15) is 19.7 Å². The number of esters is 2. The van der Waals surface area contributed by atoms with Gasteiger partial charge in [0, 0.05) is 12.1 Å². The molecule has 0 aliphatic carbocycles. The summed E-state index contributed by atoms with van der Waals surface area (Å²) in [6.45, 7) is 1.34. The quantitative estimate of drug-likeness (QED) is 0.464. The number of nitro groups is 1. The number of hydrogen-bond acceptors (Lipinski definition) is 7. The summed E-state index contributed by atoms with van der Waals surface area (Å²) in [7, 11) is 1.11. The van der Waals surface area contributed by atoms with Crippen LogP contribution in [-0.2, 0) is 9.47 Å². The molecule has 1 aromatic rings. The highest BCUT2D eigenvalue weighted by Crippen LogP contribution is 2.19. The third-order valence-corrected chi connectivity index (χ3v) is 2.25. The van der Waals surface area contributed by atoms with Gasteiger partial charge in [0.2, 0.25) is 0 Å². The number of hydrogen-bond donors (Lipinski definition) is 0. The number of benzene rings is 1. The van der Waals surface area contributed by atoms with Crippen LogP contribution in [0.1, 0.15) is 27.6 Å². The summed E-state index contributed by atoms with van der Waals surface area (Å²) in [6.07, 6.45) is -1.01. The molecule has 0 saturated heterocycles. The van der Waals surface area contributed by atoms with Gasteiger partial charge in [0.05, 0.1) is 23.2 Å². The summed E-state index contributed by atoms with van der Waals surface area (Å²) in [5.41, 5.74) is -0.815. The maximum Gasteiger partial charge on any atom is 0.339 e.